The zero-order valence-electron chi connectivity index (χ0n) is 10.0. The van der Waals surface area contributed by atoms with Gasteiger partial charge in [-0.05, 0) is 24.5 Å². The average Bonchev–Trinajstić information content (AvgIpc) is 2.24. The van der Waals surface area contributed by atoms with Crippen LogP contribution in [0.2, 0.25) is 0 Å². The molecule has 2 aromatic rings. The van der Waals surface area contributed by atoms with Crippen molar-refractivity contribution in [1.29, 1.82) is 0 Å². The van der Waals surface area contributed by atoms with E-state index in [4.69, 9.17) is 0 Å². The predicted octanol–water partition coefficient (Wildman–Crippen LogP) is 2.97. The molecule has 84 valence electrons. The van der Waals surface area contributed by atoms with E-state index in [1.54, 1.807) is 6.07 Å². The van der Waals surface area contributed by atoms with Crippen LogP contribution in [0.5, 0.6) is 0 Å². The Labute approximate surface area is 95.5 Å². The van der Waals surface area contributed by atoms with Crippen molar-refractivity contribution >= 4 is 10.9 Å². The third-order valence-corrected chi connectivity index (χ3v) is 2.77. The van der Waals surface area contributed by atoms with Crippen molar-refractivity contribution in [3.05, 3.63) is 46.2 Å². The summed E-state index contributed by atoms with van der Waals surface area (Å²) in [6, 6.07) is 9.81. The SMILES string of the molecule is Cc1cc(=O)n(CC(C)C)c2ccccc12. The van der Waals surface area contributed by atoms with Crippen LogP contribution in [0.25, 0.3) is 10.9 Å². The van der Waals surface area contributed by atoms with Crippen LogP contribution in [0.15, 0.2) is 35.1 Å². The number of aromatic nitrogens is 1. The fourth-order valence-corrected chi connectivity index (χ4v) is 2.06. The minimum Gasteiger partial charge on any atom is -0.308 e. The molecular formula is C14H17NO. The molecule has 0 bridgehead atoms. The maximum atomic E-state index is 12.0. The average molecular weight is 215 g/mol. The van der Waals surface area contributed by atoms with Crippen LogP contribution in [0, 0.1) is 12.8 Å². The van der Waals surface area contributed by atoms with Crippen molar-refractivity contribution in [2.24, 2.45) is 5.92 Å². The van der Waals surface area contributed by atoms with Gasteiger partial charge in [0.05, 0.1) is 5.52 Å². The third-order valence-electron chi connectivity index (χ3n) is 2.77. The van der Waals surface area contributed by atoms with Gasteiger partial charge in [0.1, 0.15) is 0 Å². The Morgan fingerprint density at radius 2 is 1.94 bits per heavy atom. The first-order valence-electron chi connectivity index (χ1n) is 5.69. The second-order valence-electron chi connectivity index (χ2n) is 4.69. The van der Waals surface area contributed by atoms with Crippen molar-refractivity contribution < 1.29 is 0 Å². The fraction of sp³-hybridized carbons (Fsp3) is 0.357. The Balaban J connectivity index is 2.76. The normalized spacial score (nSPS) is 11.2. The molecule has 0 unspecified atom stereocenters. The van der Waals surface area contributed by atoms with Gasteiger partial charge >= 0.3 is 0 Å². The molecule has 0 amide bonds. The Hall–Kier alpha value is -1.57. The van der Waals surface area contributed by atoms with Crippen molar-refractivity contribution in [1.82, 2.24) is 4.57 Å². The first-order chi connectivity index (χ1) is 7.59. The van der Waals surface area contributed by atoms with E-state index in [0.29, 0.717) is 5.92 Å². The highest BCUT2D eigenvalue weighted by Crippen LogP contribution is 2.16. The quantitative estimate of drug-likeness (QED) is 0.755. The van der Waals surface area contributed by atoms with Gasteiger partial charge < -0.3 is 4.57 Å². The maximum Gasteiger partial charge on any atom is 0.251 e. The van der Waals surface area contributed by atoms with E-state index in [0.717, 1.165) is 17.6 Å². The summed E-state index contributed by atoms with van der Waals surface area (Å²) in [5.41, 5.74) is 2.20. The minimum atomic E-state index is 0.102. The maximum absolute atomic E-state index is 12.0. The van der Waals surface area contributed by atoms with E-state index in [9.17, 15) is 4.79 Å². The van der Waals surface area contributed by atoms with Crippen molar-refractivity contribution in [2.45, 2.75) is 27.3 Å². The van der Waals surface area contributed by atoms with Crippen LogP contribution in [0.1, 0.15) is 19.4 Å². The second kappa shape index (κ2) is 4.12. The molecule has 1 aromatic carbocycles. The molecule has 2 heteroatoms. The lowest BCUT2D eigenvalue weighted by atomic mass is 10.1. The first-order valence-corrected chi connectivity index (χ1v) is 5.69. The lowest BCUT2D eigenvalue weighted by molar-refractivity contribution is 0.523. The summed E-state index contributed by atoms with van der Waals surface area (Å²) in [5.74, 6) is 0.476. The van der Waals surface area contributed by atoms with Gasteiger partial charge in [-0.1, -0.05) is 32.0 Å². The summed E-state index contributed by atoms with van der Waals surface area (Å²) in [6.07, 6.45) is 0. The molecule has 0 aliphatic heterocycles. The molecular weight excluding hydrogens is 198 g/mol. The number of pyridine rings is 1. The van der Waals surface area contributed by atoms with E-state index < -0.39 is 0 Å². The fourth-order valence-electron chi connectivity index (χ4n) is 2.06. The molecule has 0 saturated heterocycles. The number of rotatable bonds is 2. The van der Waals surface area contributed by atoms with Crippen LogP contribution in [-0.4, -0.2) is 4.57 Å². The standard InChI is InChI=1S/C14H17NO/c1-10(2)9-15-13-7-5-4-6-12(13)11(3)8-14(15)16/h4-8,10H,9H2,1-3H3. The smallest absolute Gasteiger partial charge is 0.251 e. The molecule has 2 nitrogen and oxygen atoms in total. The molecule has 0 aliphatic carbocycles. The number of para-hydroxylation sites is 1. The molecule has 0 spiro atoms. The van der Waals surface area contributed by atoms with E-state index >= 15 is 0 Å². The van der Waals surface area contributed by atoms with Gasteiger partial charge in [-0.25, -0.2) is 0 Å². The van der Waals surface area contributed by atoms with Crippen LogP contribution < -0.4 is 5.56 Å². The number of nitrogens with zero attached hydrogens (tertiary/aromatic N) is 1. The zero-order valence-corrected chi connectivity index (χ0v) is 10.0. The molecule has 0 radical (unpaired) electrons. The highest BCUT2D eigenvalue weighted by Gasteiger charge is 2.06. The monoisotopic (exact) mass is 215 g/mol. The van der Waals surface area contributed by atoms with Crippen LogP contribution in [-0.2, 0) is 6.54 Å². The van der Waals surface area contributed by atoms with Gasteiger partial charge in [0.15, 0.2) is 0 Å². The van der Waals surface area contributed by atoms with Crippen molar-refractivity contribution in [2.75, 3.05) is 0 Å². The highest BCUT2D eigenvalue weighted by atomic mass is 16.1. The summed E-state index contributed by atoms with van der Waals surface area (Å²) in [5, 5.41) is 1.17. The topological polar surface area (TPSA) is 22.0 Å². The van der Waals surface area contributed by atoms with Gasteiger partial charge in [0, 0.05) is 18.0 Å². The number of aryl methyl sites for hydroxylation is 1. The molecule has 0 atom stereocenters. The summed E-state index contributed by atoms with van der Waals surface area (Å²) < 4.78 is 1.87. The van der Waals surface area contributed by atoms with Gasteiger partial charge in [0.2, 0.25) is 0 Å². The van der Waals surface area contributed by atoms with Gasteiger partial charge in [-0.3, -0.25) is 4.79 Å². The summed E-state index contributed by atoms with van der Waals surface area (Å²) in [7, 11) is 0. The Bertz CT molecular complexity index is 566. The lowest BCUT2D eigenvalue weighted by Crippen LogP contribution is -2.22. The van der Waals surface area contributed by atoms with Gasteiger partial charge in [0.25, 0.3) is 5.56 Å². The Kier molecular flexibility index (Phi) is 2.82. The molecule has 0 N–H and O–H groups in total. The Morgan fingerprint density at radius 3 is 2.62 bits per heavy atom. The number of hydrogen-bond acceptors (Lipinski definition) is 1. The van der Waals surface area contributed by atoms with E-state index in [1.807, 2.05) is 29.7 Å². The molecule has 1 aromatic heterocycles. The van der Waals surface area contributed by atoms with Gasteiger partial charge in [-0.15, -0.1) is 0 Å². The number of fused-ring (bicyclic) bond motifs is 1. The van der Waals surface area contributed by atoms with Crippen LogP contribution in [0.3, 0.4) is 0 Å². The summed E-state index contributed by atoms with van der Waals surface area (Å²) >= 11 is 0. The van der Waals surface area contributed by atoms with E-state index in [2.05, 4.69) is 19.9 Å². The third kappa shape index (κ3) is 1.87. The molecule has 16 heavy (non-hydrogen) atoms. The first kappa shape index (κ1) is 10.9. The molecule has 1 heterocycles. The van der Waals surface area contributed by atoms with E-state index in [-0.39, 0.29) is 5.56 Å². The number of benzene rings is 1. The summed E-state index contributed by atoms with van der Waals surface area (Å²) in [6.45, 7) is 7.02. The minimum absolute atomic E-state index is 0.102. The van der Waals surface area contributed by atoms with Crippen LogP contribution >= 0.6 is 0 Å². The van der Waals surface area contributed by atoms with Crippen molar-refractivity contribution in [3.8, 4) is 0 Å². The lowest BCUT2D eigenvalue weighted by Gasteiger charge is -2.13. The molecule has 2 rings (SSSR count). The molecule has 0 aliphatic rings. The zero-order chi connectivity index (χ0) is 11.7. The molecule has 0 fully saturated rings. The number of hydrogen-bond donors (Lipinski definition) is 0. The Morgan fingerprint density at radius 1 is 1.25 bits per heavy atom. The van der Waals surface area contributed by atoms with Crippen LogP contribution in [0.4, 0.5) is 0 Å². The largest absolute Gasteiger partial charge is 0.308 e. The highest BCUT2D eigenvalue weighted by molar-refractivity contribution is 5.82. The van der Waals surface area contributed by atoms with Gasteiger partial charge in [-0.2, -0.15) is 0 Å². The second-order valence-corrected chi connectivity index (χ2v) is 4.69. The molecule has 0 saturated carbocycles. The van der Waals surface area contributed by atoms with E-state index in [1.165, 1.54) is 5.39 Å². The summed E-state index contributed by atoms with van der Waals surface area (Å²) in [4.78, 5) is 12.0. The van der Waals surface area contributed by atoms with Crippen molar-refractivity contribution in [3.63, 3.8) is 0 Å². The predicted molar refractivity (Wildman–Crippen MR) is 67.8 cm³/mol.